The first-order valence-corrected chi connectivity index (χ1v) is 9.45. The fourth-order valence-corrected chi connectivity index (χ4v) is 5.40. The van der Waals surface area contributed by atoms with Gasteiger partial charge < -0.3 is 4.74 Å². The number of ether oxygens (including phenoxy) is 1. The Kier molecular flexibility index (Phi) is 3.98. The molecule has 1 aliphatic carbocycles. The third-order valence-electron chi connectivity index (χ3n) is 5.40. The molecule has 1 heterocycles. The van der Waals surface area contributed by atoms with Crippen molar-refractivity contribution in [1.29, 1.82) is 0 Å². The van der Waals surface area contributed by atoms with Crippen LogP contribution in [-0.2, 0) is 24.5 Å². The number of anilines is 1. The molecule has 0 aromatic heterocycles. The van der Waals surface area contributed by atoms with Crippen molar-refractivity contribution < 1.29 is 19.1 Å². The maximum absolute atomic E-state index is 13.5. The molecule has 3 atom stereocenters. The number of rotatable bonds is 3. The van der Waals surface area contributed by atoms with Crippen LogP contribution in [0, 0.1) is 12.8 Å². The summed E-state index contributed by atoms with van der Waals surface area (Å²) >= 11 is 9.36. The molecule has 5 nitrogen and oxygen atoms in total. The van der Waals surface area contributed by atoms with Crippen molar-refractivity contribution in [2.45, 2.75) is 16.7 Å². The molecule has 1 aliphatic heterocycles. The Morgan fingerprint density at radius 2 is 1.70 bits per heavy atom. The zero-order valence-corrected chi connectivity index (χ0v) is 16.9. The number of imide groups is 1. The lowest BCUT2D eigenvalue weighted by Crippen LogP contribution is -2.46. The van der Waals surface area contributed by atoms with Crippen molar-refractivity contribution in [3.05, 3.63) is 64.7 Å². The van der Waals surface area contributed by atoms with Gasteiger partial charge in [-0.25, -0.2) is 4.90 Å². The minimum atomic E-state index is -1.42. The molecule has 4 rings (SSSR count). The van der Waals surface area contributed by atoms with Crippen molar-refractivity contribution >= 4 is 51.0 Å². The number of piperidine rings is 1. The van der Waals surface area contributed by atoms with Crippen LogP contribution in [0.1, 0.15) is 11.1 Å². The number of hydrogen-bond acceptors (Lipinski definition) is 4. The summed E-state index contributed by atoms with van der Waals surface area (Å²) < 4.78 is 3.48. The summed E-state index contributed by atoms with van der Waals surface area (Å²) in [5, 5.41) is 0.498. The fourth-order valence-electron chi connectivity index (χ4n) is 4.06. The summed E-state index contributed by atoms with van der Waals surface area (Å²) in [5.41, 5.74) is 0.690. The minimum absolute atomic E-state index is 0.430. The van der Waals surface area contributed by atoms with Crippen LogP contribution in [0.4, 0.5) is 5.69 Å². The Morgan fingerprint density at radius 3 is 2.26 bits per heavy atom. The van der Waals surface area contributed by atoms with Gasteiger partial charge in [-0.1, -0.05) is 57.4 Å². The van der Waals surface area contributed by atoms with Crippen LogP contribution in [0.25, 0.3) is 0 Å². The first-order chi connectivity index (χ1) is 12.8. The van der Waals surface area contributed by atoms with E-state index in [1.807, 2.05) is 19.1 Å². The number of methoxy groups -OCH3 is 1. The van der Waals surface area contributed by atoms with Gasteiger partial charge >= 0.3 is 5.97 Å². The average molecular weight is 449 g/mol. The second-order valence-corrected chi connectivity index (χ2v) is 8.45. The molecule has 27 heavy (non-hydrogen) atoms. The Labute approximate surface area is 169 Å². The van der Waals surface area contributed by atoms with Gasteiger partial charge in [0.05, 0.1) is 18.7 Å². The maximum Gasteiger partial charge on any atom is 0.324 e. The largest absolute Gasteiger partial charge is 0.468 e. The van der Waals surface area contributed by atoms with E-state index in [-0.39, 0.29) is 0 Å². The topological polar surface area (TPSA) is 63.7 Å². The normalized spacial score (nSPS) is 28.9. The van der Waals surface area contributed by atoms with E-state index in [0.717, 1.165) is 10.5 Å². The number of aryl methyl sites for hydroxylation is 1. The Hall–Kier alpha value is -2.18. The van der Waals surface area contributed by atoms with Crippen LogP contribution in [0.3, 0.4) is 0 Å². The molecule has 0 radical (unpaired) electrons. The van der Waals surface area contributed by atoms with Gasteiger partial charge in [0.15, 0.2) is 4.32 Å². The molecule has 2 aromatic carbocycles. The first-order valence-electron chi connectivity index (χ1n) is 8.28. The summed E-state index contributed by atoms with van der Waals surface area (Å²) in [6.07, 6.45) is 0. The smallest absolute Gasteiger partial charge is 0.324 e. The number of carbonyl (C=O) groups is 3. The van der Waals surface area contributed by atoms with Gasteiger partial charge in [0.1, 0.15) is 5.41 Å². The van der Waals surface area contributed by atoms with Gasteiger partial charge in [-0.3, -0.25) is 14.4 Å². The third kappa shape index (κ3) is 2.14. The van der Waals surface area contributed by atoms with E-state index < -0.39 is 33.4 Å². The molecule has 2 aliphatic rings. The molecule has 138 valence electrons. The second-order valence-electron chi connectivity index (χ2n) is 6.77. The van der Waals surface area contributed by atoms with Gasteiger partial charge in [0, 0.05) is 5.02 Å². The standard InChI is InChI=1S/C20H15BrClNO4/c1-11-3-9-14(10-4-11)23-16(24)15-19(17(23)25,20(15,21)18(26)27-2)12-5-7-13(22)8-6-12/h3-10,15H,1-2H3/t15-,19+,20+/m0/s1. The second kappa shape index (κ2) is 5.91. The van der Waals surface area contributed by atoms with Crippen LogP contribution in [-0.4, -0.2) is 29.2 Å². The summed E-state index contributed by atoms with van der Waals surface area (Å²) in [6, 6.07) is 13.7. The molecule has 0 N–H and O–H groups in total. The van der Waals surface area contributed by atoms with E-state index in [2.05, 4.69) is 15.9 Å². The zero-order valence-electron chi connectivity index (χ0n) is 14.5. The van der Waals surface area contributed by atoms with E-state index in [4.69, 9.17) is 16.3 Å². The highest BCUT2D eigenvalue weighted by atomic mass is 79.9. The molecule has 2 amide bonds. The van der Waals surface area contributed by atoms with Crippen molar-refractivity contribution in [3.63, 3.8) is 0 Å². The number of hydrogen-bond donors (Lipinski definition) is 0. The van der Waals surface area contributed by atoms with E-state index >= 15 is 0 Å². The Balaban J connectivity index is 1.87. The number of nitrogens with zero attached hydrogens (tertiary/aromatic N) is 1. The number of carbonyl (C=O) groups excluding carboxylic acids is 3. The molecular weight excluding hydrogens is 434 g/mol. The predicted molar refractivity (Wildman–Crippen MR) is 104 cm³/mol. The quantitative estimate of drug-likeness (QED) is 0.410. The lowest BCUT2D eigenvalue weighted by Gasteiger charge is -2.25. The van der Waals surface area contributed by atoms with Crippen molar-refractivity contribution in [2.24, 2.45) is 5.92 Å². The van der Waals surface area contributed by atoms with Crippen LogP contribution >= 0.6 is 27.5 Å². The Morgan fingerprint density at radius 1 is 1.11 bits per heavy atom. The number of fused-ring (bicyclic) bond motifs is 1. The lowest BCUT2D eigenvalue weighted by molar-refractivity contribution is -0.143. The van der Waals surface area contributed by atoms with E-state index in [1.165, 1.54) is 7.11 Å². The van der Waals surface area contributed by atoms with Gasteiger partial charge in [-0.15, -0.1) is 0 Å². The molecule has 2 aromatic rings. The van der Waals surface area contributed by atoms with Crippen molar-refractivity contribution in [1.82, 2.24) is 0 Å². The SMILES string of the molecule is COC(=O)[C@]1(Br)[C@H]2C(=O)N(c3ccc(C)cc3)C(=O)[C@@]21c1ccc(Cl)cc1. The van der Waals surface area contributed by atoms with Gasteiger partial charge in [-0.05, 0) is 36.8 Å². The minimum Gasteiger partial charge on any atom is -0.468 e. The summed E-state index contributed by atoms with van der Waals surface area (Å²) in [6.45, 7) is 1.92. The molecule has 2 fully saturated rings. The molecule has 0 unspecified atom stereocenters. The summed E-state index contributed by atoms with van der Waals surface area (Å²) in [4.78, 5) is 40.4. The van der Waals surface area contributed by atoms with Gasteiger partial charge in [0.2, 0.25) is 11.8 Å². The number of benzene rings is 2. The highest BCUT2D eigenvalue weighted by Gasteiger charge is 2.92. The molecule has 1 saturated carbocycles. The highest BCUT2D eigenvalue weighted by Crippen LogP contribution is 2.73. The van der Waals surface area contributed by atoms with Crippen LogP contribution in [0.5, 0.6) is 0 Å². The zero-order chi connectivity index (χ0) is 19.6. The monoisotopic (exact) mass is 447 g/mol. The van der Waals surface area contributed by atoms with Crippen molar-refractivity contribution in [3.8, 4) is 0 Å². The van der Waals surface area contributed by atoms with Gasteiger partial charge in [0.25, 0.3) is 0 Å². The van der Waals surface area contributed by atoms with E-state index in [1.54, 1.807) is 36.4 Å². The predicted octanol–water partition coefficient (Wildman–Crippen LogP) is 3.40. The number of amides is 2. The molecule has 7 heteroatoms. The fraction of sp³-hybridized carbons (Fsp3) is 0.250. The van der Waals surface area contributed by atoms with Crippen molar-refractivity contribution in [2.75, 3.05) is 12.0 Å². The van der Waals surface area contributed by atoms with Crippen LogP contribution in [0.15, 0.2) is 48.5 Å². The molecule has 0 bridgehead atoms. The molecule has 0 spiro atoms. The maximum atomic E-state index is 13.5. The number of alkyl halides is 1. The summed E-state index contributed by atoms with van der Waals surface area (Å²) in [7, 11) is 1.24. The third-order valence-corrected chi connectivity index (χ3v) is 7.06. The van der Waals surface area contributed by atoms with Crippen LogP contribution in [0.2, 0.25) is 5.02 Å². The van der Waals surface area contributed by atoms with E-state index in [0.29, 0.717) is 16.3 Å². The average Bonchev–Trinajstić information content (AvgIpc) is 3.15. The lowest BCUT2D eigenvalue weighted by atomic mass is 9.91. The first kappa shape index (κ1) is 18.2. The highest BCUT2D eigenvalue weighted by molar-refractivity contribution is 9.10. The summed E-state index contributed by atoms with van der Waals surface area (Å²) in [5.74, 6) is -2.41. The van der Waals surface area contributed by atoms with E-state index in [9.17, 15) is 14.4 Å². The van der Waals surface area contributed by atoms with Crippen LogP contribution < -0.4 is 4.90 Å². The number of halogens is 2. The molecular formula is C20H15BrClNO4. The van der Waals surface area contributed by atoms with Gasteiger partial charge in [-0.2, -0.15) is 0 Å². The Bertz CT molecular complexity index is 974. The number of esters is 1. The molecule has 1 saturated heterocycles.